The zero-order valence-electron chi connectivity index (χ0n) is 15.4. The number of ketones is 1. The molecule has 1 atom stereocenters. The van der Waals surface area contributed by atoms with Crippen LogP contribution in [0.15, 0.2) is 30.5 Å². The van der Waals surface area contributed by atoms with E-state index in [0.717, 1.165) is 43.7 Å². The zero-order valence-corrected chi connectivity index (χ0v) is 15.4. The van der Waals surface area contributed by atoms with Crippen LogP contribution in [-0.4, -0.2) is 46.6 Å². The van der Waals surface area contributed by atoms with Crippen molar-refractivity contribution in [1.82, 2.24) is 14.7 Å². The summed E-state index contributed by atoms with van der Waals surface area (Å²) in [4.78, 5) is 27.2. The second kappa shape index (κ2) is 7.06. The van der Waals surface area contributed by atoms with E-state index in [1.54, 1.807) is 11.8 Å². The lowest BCUT2D eigenvalue weighted by Crippen LogP contribution is -2.43. The van der Waals surface area contributed by atoms with Gasteiger partial charge in [-0.1, -0.05) is 0 Å². The number of rotatable bonds is 5. The van der Waals surface area contributed by atoms with Gasteiger partial charge in [-0.2, -0.15) is 5.10 Å². The Balaban J connectivity index is 1.51. The molecule has 0 bridgehead atoms. The minimum Gasteiger partial charge on any atom is -0.497 e. The van der Waals surface area contributed by atoms with E-state index in [1.807, 2.05) is 29.2 Å². The monoisotopic (exact) mass is 368 g/mol. The van der Waals surface area contributed by atoms with Crippen LogP contribution in [0.5, 0.6) is 5.75 Å². The molecule has 27 heavy (non-hydrogen) atoms. The van der Waals surface area contributed by atoms with Crippen molar-refractivity contribution in [3.05, 3.63) is 36.0 Å². The smallest absolute Gasteiger partial charge is 0.225 e. The maximum absolute atomic E-state index is 13.0. The summed E-state index contributed by atoms with van der Waals surface area (Å²) in [5.74, 6) is 1.22. The molecule has 7 heteroatoms. The molecule has 0 radical (unpaired) electrons. The Kier molecular flexibility index (Phi) is 4.59. The molecule has 2 heterocycles. The summed E-state index contributed by atoms with van der Waals surface area (Å²) in [5, 5.41) is 4.30. The molecule has 0 unspecified atom stereocenters. The van der Waals surface area contributed by atoms with Crippen LogP contribution in [0.2, 0.25) is 0 Å². The number of hydrogen-bond donors (Lipinski definition) is 1. The van der Waals surface area contributed by atoms with Crippen molar-refractivity contribution < 1.29 is 14.3 Å². The summed E-state index contributed by atoms with van der Waals surface area (Å²) in [5.41, 5.74) is 7.43. The number of carbonyl (C=O) groups excluding carboxylic acids is 2. The quantitative estimate of drug-likeness (QED) is 0.818. The average molecular weight is 368 g/mol. The Morgan fingerprint density at radius 3 is 2.56 bits per heavy atom. The van der Waals surface area contributed by atoms with Gasteiger partial charge in [-0.05, 0) is 49.9 Å². The van der Waals surface area contributed by atoms with Gasteiger partial charge in [0.15, 0.2) is 5.78 Å². The van der Waals surface area contributed by atoms with Crippen molar-refractivity contribution >= 4 is 17.5 Å². The molecule has 2 aromatic rings. The number of likely N-dealkylation sites (tertiary alicyclic amines) is 1. The normalized spacial score (nSPS) is 19.7. The fraction of sp³-hybridized carbons (Fsp3) is 0.450. The molecule has 1 aromatic carbocycles. The highest BCUT2D eigenvalue weighted by atomic mass is 16.5. The maximum atomic E-state index is 13.0. The molecule has 1 amide bonds. The molecule has 142 valence electrons. The number of nitrogens with zero attached hydrogens (tertiary/aromatic N) is 3. The summed E-state index contributed by atoms with van der Waals surface area (Å²) in [7, 11) is 1.61. The van der Waals surface area contributed by atoms with E-state index in [1.165, 1.54) is 6.20 Å². The summed E-state index contributed by atoms with van der Waals surface area (Å²) < 4.78 is 6.72. The molecule has 1 aliphatic heterocycles. The maximum Gasteiger partial charge on any atom is 0.225 e. The highest BCUT2D eigenvalue weighted by Crippen LogP contribution is 2.33. The molecule has 7 nitrogen and oxygen atoms in total. The van der Waals surface area contributed by atoms with Crippen LogP contribution in [-0.2, 0) is 4.79 Å². The number of anilines is 1. The lowest BCUT2D eigenvalue weighted by Gasteiger charge is -2.32. The molecular formula is C20H24N4O3. The minimum absolute atomic E-state index is 0.0273. The number of ether oxygens (including phenoxy) is 1. The van der Waals surface area contributed by atoms with E-state index in [9.17, 15) is 9.59 Å². The van der Waals surface area contributed by atoms with Crippen LogP contribution >= 0.6 is 0 Å². The van der Waals surface area contributed by atoms with Crippen LogP contribution < -0.4 is 10.5 Å². The molecule has 1 saturated carbocycles. The van der Waals surface area contributed by atoms with E-state index in [2.05, 4.69) is 5.10 Å². The van der Waals surface area contributed by atoms with Gasteiger partial charge >= 0.3 is 0 Å². The number of benzene rings is 1. The van der Waals surface area contributed by atoms with Crippen molar-refractivity contribution in [3.8, 4) is 11.4 Å². The third-order valence-electron chi connectivity index (χ3n) is 5.42. The number of piperidine rings is 1. The fourth-order valence-electron chi connectivity index (χ4n) is 3.68. The predicted octanol–water partition coefficient (Wildman–Crippen LogP) is 2.29. The molecule has 0 spiro atoms. The Morgan fingerprint density at radius 2 is 1.89 bits per heavy atom. The number of nitrogen functional groups attached to an aromatic ring is 1. The summed E-state index contributed by atoms with van der Waals surface area (Å²) in [6.07, 6.45) is 5.12. The Bertz CT molecular complexity index is 855. The summed E-state index contributed by atoms with van der Waals surface area (Å²) in [6, 6.07) is 7.32. The third-order valence-corrected chi connectivity index (χ3v) is 5.42. The lowest BCUT2D eigenvalue weighted by molar-refractivity contribution is -0.133. The van der Waals surface area contributed by atoms with Gasteiger partial charge < -0.3 is 15.4 Å². The third kappa shape index (κ3) is 3.41. The molecule has 2 N–H and O–H groups in total. The van der Waals surface area contributed by atoms with Gasteiger partial charge in [0.1, 0.15) is 11.6 Å². The number of nitrogens with two attached hydrogens (primary N) is 1. The second-order valence-electron chi connectivity index (χ2n) is 7.32. The first-order chi connectivity index (χ1) is 13.1. The number of methoxy groups -OCH3 is 1. The van der Waals surface area contributed by atoms with Gasteiger partial charge in [-0.3, -0.25) is 9.59 Å². The molecule has 1 saturated heterocycles. The molecule has 1 aliphatic carbocycles. The van der Waals surface area contributed by atoms with Crippen molar-refractivity contribution in [2.45, 2.75) is 25.7 Å². The van der Waals surface area contributed by atoms with Crippen molar-refractivity contribution in [2.75, 3.05) is 25.9 Å². The number of Topliss-reactive ketones (excluding diaryl/α,β-unsaturated/α-hetero) is 1. The van der Waals surface area contributed by atoms with E-state index < -0.39 is 0 Å². The van der Waals surface area contributed by atoms with Gasteiger partial charge in [0.25, 0.3) is 0 Å². The minimum atomic E-state index is -0.211. The van der Waals surface area contributed by atoms with Gasteiger partial charge in [0.05, 0.1) is 24.6 Å². The Morgan fingerprint density at radius 1 is 1.15 bits per heavy atom. The molecule has 2 aliphatic rings. The predicted molar refractivity (Wildman–Crippen MR) is 101 cm³/mol. The van der Waals surface area contributed by atoms with Crippen LogP contribution in [0.1, 0.15) is 36.0 Å². The van der Waals surface area contributed by atoms with Crippen molar-refractivity contribution in [1.29, 1.82) is 0 Å². The standard InChI is InChI=1S/C20H24N4O3/c1-27-16-8-6-15(7-9-16)24-19(21)17(11-22-24)18(25)14-3-2-10-23(12-14)20(26)13-4-5-13/h6-9,11,13-14H,2-5,10,12,21H2,1H3/t14-/m0/s1. The van der Waals surface area contributed by atoms with Gasteiger partial charge in [0.2, 0.25) is 5.91 Å². The highest BCUT2D eigenvalue weighted by molar-refractivity contribution is 6.02. The van der Waals surface area contributed by atoms with Gasteiger partial charge in [0, 0.05) is 24.9 Å². The van der Waals surface area contributed by atoms with Crippen LogP contribution in [0, 0.1) is 11.8 Å². The van der Waals surface area contributed by atoms with Crippen molar-refractivity contribution in [2.24, 2.45) is 11.8 Å². The zero-order chi connectivity index (χ0) is 19.0. The molecule has 1 aromatic heterocycles. The summed E-state index contributed by atoms with van der Waals surface area (Å²) >= 11 is 0. The summed E-state index contributed by atoms with van der Waals surface area (Å²) in [6.45, 7) is 1.24. The fourth-order valence-corrected chi connectivity index (χ4v) is 3.68. The Hall–Kier alpha value is -2.83. The SMILES string of the molecule is COc1ccc(-n2ncc(C(=O)[C@H]3CCCN(C(=O)C4CC4)C3)c2N)cc1. The van der Waals surface area contributed by atoms with Crippen molar-refractivity contribution in [3.63, 3.8) is 0 Å². The van der Waals surface area contributed by atoms with Crippen LogP contribution in [0.4, 0.5) is 5.82 Å². The van der Waals surface area contributed by atoms with E-state index >= 15 is 0 Å². The number of aromatic nitrogens is 2. The van der Waals surface area contributed by atoms with Crippen LogP contribution in [0.3, 0.4) is 0 Å². The molecule has 4 rings (SSSR count). The van der Waals surface area contributed by atoms with Gasteiger partial charge in [-0.15, -0.1) is 0 Å². The molecule has 2 fully saturated rings. The number of carbonyl (C=O) groups is 2. The van der Waals surface area contributed by atoms with Gasteiger partial charge in [-0.25, -0.2) is 4.68 Å². The topological polar surface area (TPSA) is 90.5 Å². The lowest BCUT2D eigenvalue weighted by atomic mass is 9.90. The first-order valence-electron chi connectivity index (χ1n) is 9.39. The highest BCUT2D eigenvalue weighted by Gasteiger charge is 2.37. The van der Waals surface area contributed by atoms with E-state index in [-0.39, 0.29) is 23.5 Å². The van der Waals surface area contributed by atoms with E-state index in [4.69, 9.17) is 10.5 Å². The second-order valence-corrected chi connectivity index (χ2v) is 7.32. The van der Waals surface area contributed by atoms with E-state index in [0.29, 0.717) is 17.9 Å². The average Bonchev–Trinajstić information content (AvgIpc) is 3.49. The first-order valence-corrected chi connectivity index (χ1v) is 9.39. The van der Waals surface area contributed by atoms with Crippen LogP contribution in [0.25, 0.3) is 5.69 Å². The largest absolute Gasteiger partial charge is 0.497 e. The first kappa shape index (κ1) is 17.6. The number of hydrogen-bond acceptors (Lipinski definition) is 5. The molecular weight excluding hydrogens is 344 g/mol. The Labute approximate surface area is 158 Å². The number of amides is 1.